The summed E-state index contributed by atoms with van der Waals surface area (Å²) in [5.74, 6) is 0.0756. The summed E-state index contributed by atoms with van der Waals surface area (Å²) >= 11 is 0. The molecule has 3 nitrogen and oxygen atoms in total. The van der Waals surface area contributed by atoms with E-state index in [0.717, 1.165) is 31.6 Å². The van der Waals surface area contributed by atoms with Gasteiger partial charge in [0.15, 0.2) is 7.98 Å². The Balaban J connectivity index is 1.95. The van der Waals surface area contributed by atoms with Crippen molar-refractivity contribution in [2.45, 2.75) is 18.4 Å². The van der Waals surface area contributed by atoms with Crippen LogP contribution in [0.4, 0.5) is 5.69 Å². The van der Waals surface area contributed by atoms with E-state index in [2.05, 4.69) is 6.08 Å². The van der Waals surface area contributed by atoms with Crippen LogP contribution in [0.1, 0.15) is 12.8 Å². The van der Waals surface area contributed by atoms with E-state index in [4.69, 9.17) is 7.98 Å². The summed E-state index contributed by atoms with van der Waals surface area (Å²) in [6, 6.07) is 9.87. The lowest BCUT2D eigenvalue weighted by Gasteiger charge is -2.43. The van der Waals surface area contributed by atoms with Gasteiger partial charge in [-0.3, -0.25) is 9.69 Å². The zero-order chi connectivity index (χ0) is 12.6. The van der Waals surface area contributed by atoms with Crippen molar-refractivity contribution >= 4 is 19.6 Å². The summed E-state index contributed by atoms with van der Waals surface area (Å²) in [7, 11) is 5.81. The predicted molar refractivity (Wildman–Crippen MR) is 72.4 cm³/mol. The zero-order valence-corrected chi connectivity index (χ0v) is 10.2. The lowest BCUT2D eigenvalue weighted by Crippen LogP contribution is -2.53. The van der Waals surface area contributed by atoms with E-state index in [0.29, 0.717) is 0 Å². The molecular weight excluding hydrogens is 223 g/mol. The fourth-order valence-electron chi connectivity index (χ4n) is 2.86. The van der Waals surface area contributed by atoms with Gasteiger partial charge in [-0.25, -0.2) is 0 Å². The molecule has 1 saturated heterocycles. The second kappa shape index (κ2) is 4.28. The number of anilines is 1. The van der Waals surface area contributed by atoms with E-state index in [1.54, 1.807) is 6.08 Å². The molecule has 2 aliphatic heterocycles. The highest BCUT2D eigenvalue weighted by Gasteiger charge is 2.43. The van der Waals surface area contributed by atoms with Crippen LogP contribution in [-0.2, 0) is 4.79 Å². The smallest absolute Gasteiger partial charge is 0.251 e. The van der Waals surface area contributed by atoms with Crippen molar-refractivity contribution in [3.63, 3.8) is 0 Å². The van der Waals surface area contributed by atoms with Crippen LogP contribution in [-0.4, -0.2) is 37.3 Å². The zero-order valence-electron chi connectivity index (χ0n) is 10.2. The Kier molecular flexibility index (Phi) is 2.75. The third-order valence-corrected chi connectivity index (χ3v) is 3.88. The molecule has 0 N–H and O–H groups in total. The fourth-order valence-corrected chi connectivity index (χ4v) is 2.86. The molecule has 2 radical (unpaired) electrons. The van der Waals surface area contributed by atoms with Crippen molar-refractivity contribution in [1.82, 2.24) is 4.81 Å². The monoisotopic (exact) mass is 238 g/mol. The SMILES string of the molecule is [B]N1CCC2(C=CC(=O)N2c2ccccc2)CC1. The first-order chi connectivity index (χ1) is 8.71. The van der Waals surface area contributed by atoms with Crippen molar-refractivity contribution in [3.8, 4) is 0 Å². The van der Waals surface area contributed by atoms with Gasteiger partial charge in [0.2, 0.25) is 0 Å². The Bertz CT molecular complexity index is 478. The van der Waals surface area contributed by atoms with E-state index in [-0.39, 0.29) is 11.4 Å². The molecule has 0 bridgehead atoms. The Morgan fingerprint density at radius 2 is 1.78 bits per heavy atom. The molecule has 0 aromatic heterocycles. The minimum absolute atomic E-state index is 0.0756. The normalized spacial score (nSPS) is 22.9. The Morgan fingerprint density at radius 3 is 2.44 bits per heavy atom. The van der Waals surface area contributed by atoms with Gasteiger partial charge < -0.3 is 4.81 Å². The molecular formula is C14H15BN2O. The summed E-state index contributed by atoms with van der Waals surface area (Å²) in [5, 5.41) is 0. The van der Waals surface area contributed by atoms with E-state index in [9.17, 15) is 4.79 Å². The third-order valence-electron chi connectivity index (χ3n) is 3.88. The van der Waals surface area contributed by atoms with Gasteiger partial charge in [-0.05, 0) is 38.1 Å². The number of carbonyl (C=O) groups is 1. The average Bonchev–Trinajstić information content (AvgIpc) is 2.72. The molecule has 1 fully saturated rings. The molecule has 2 aliphatic rings. The van der Waals surface area contributed by atoms with Gasteiger partial charge in [-0.2, -0.15) is 0 Å². The molecule has 0 unspecified atom stereocenters. The summed E-state index contributed by atoms with van der Waals surface area (Å²) < 4.78 is 0. The summed E-state index contributed by atoms with van der Waals surface area (Å²) in [4.78, 5) is 15.9. The van der Waals surface area contributed by atoms with Crippen LogP contribution in [0.3, 0.4) is 0 Å². The van der Waals surface area contributed by atoms with Crippen molar-refractivity contribution in [3.05, 3.63) is 42.5 Å². The molecule has 18 heavy (non-hydrogen) atoms. The van der Waals surface area contributed by atoms with Gasteiger partial charge in [0.1, 0.15) is 0 Å². The molecule has 1 aromatic carbocycles. The Hall–Kier alpha value is -1.55. The van der Waals surface area contributed by atoms with Crippen LogP contribution in [0.2, 0.25) is 0 Å². The van der Waals surface area contributed by atoms with E-state index in [1.807, 2.05) is 40.0 Å². The van der Waals surface area contributed by atoms with Crippen molar-refractivity contribution < 1.29 is 4.79 Å². The molecule has 0 aliphatic carbocycles. The van der Waals surface area contributed by atoms with Gasteiger partial charge in [-0.1, -0.05) is 24.3 Å². The van der Waals surface area contributed by atoms with Gasteiger partial charge in [0.05, 0.1) is 5.54 Å². The first-order valence-corrected chi connectivity index (χ1v) is 6.29. The molecule has 4 heteroatoms. The van der Waals surface area contributed by atoms with Crippen LogP contribution in [0.15, 0.2) is 42.5 Å². The van der Waals surface area contributed by atoms with Crippen LogP contribution < -0.4 is 4.90 Å². The highest BCUT2D eigenvalue weighted by Crippen LogP contribution is 2.37. The molecule has 0 atom stereocenters. The quantitative estimate of drug-likeness (QED) is 0.692. The topological polar surface area (TPSA) is 23.6 Å². The lowest BCUT2D eigenvalue weighted by atomic mass is 9.85. The van der Waals surface area contributed by atoms with E-state index in [1.165, 1.54) is 0 Å². The number of hydrogen-bond acceptors (Lipinski definition) is 2. The summed E-state index contributed by atoms with van der Waals surface area (Å²) in [6.07, 6.45) is 5.52. The maximum absolute atomic E-state index is 12.1. The molecule has 1 spiro atoms. The Labute approximate surface area is 109 Å². The second-order valence-electron chi connectivity index (χ2n) is 4.98. The first kappa shape index (κ1) is 11.5. The number of piperidine rings is 1. The highest BCUT2D eigenvalue weighted by molar-refractivity contribution is 6.06. The highest BCUT2D eigenvalue weighted by atomic mass is 16.2. The fraction of sp³-hybridized carbons (Fsp3) is 0.357. The van der Waals surface area contributed by atoms with Gasteiger partial charge in [0.25, 0.3) is 5.91 Å². The number of para-hydroxylation sites is 1. The van der Waals surface area contributed by atoms with Crippen LogP contribution >= 0.6 is 0 Å². The maximum atomic E-state index is 12.1. The molecule has 1 aromatic rings. The number of rotatable bonds is 1. The average molecular weight is 238 g/mol. The van der Waals surface area contributed by atoms with Crippen LogP contribution in [0.25, 0.3) is 0 Å². The molecule has 3 rings (SSSR count). The maximum Gasteiger partial charge on any atom is 0.251 e. The van der Waals surface area contributed by atoms with Gasteiger partial charge in [0, 0.05) is 11.8 Å². The van der Waals surface area contributed by atoms with E-state index >= 15 is 0 Å². The number of hydrogen-bond donors (Lipinski definition) is 0. The number of nitrogens with zero attached hydrogens (tertiary/aromatic N) is 2. The van der Waals surface area contributed by atoms with Crippen LogP contribution in [0, 0.1) is 0 Å². The van der Waals surface area contributed by atoms with Gasteiger partial charge >= 0.3 is 0 Å². The lowest BCUT2D eigenvalue weighted by molar-refractivity contribution is -0.114. The standard InChI is InChI=1S/C14H15BN2O/c15-16-10-8-14(9-11-16)7-6-13(18)17(14)12-4-2-1-3-5-12/h1-7H,8-11H2. The van der Waals surface area contributed by atoms with Crippen LogP contribution in [0.5, 0.6) is 0 Å². The predicted octanol–water partition coefficient (Wildman–Crippen LogP) is 1.51. The van der Waals surface area contributed by atoms with Crippen molar-refractivity contribution in [2.24, 2.45) is 0 Å². The molecule has 2 heterocycles. The summed E-state index contributed by atoms with van der Waals surface area (Å²) in [5.41, 5.74) is 0.798. The molecule has 1 amide bonds. The minimum atomic E-state index is -0.172. The number of amides is 1. The number of benzene rings is 1. The second-order valence-corrected chi connectivity index (χ2v) is 4.98. The summed E-state index contributed by atoms with van der Waals surface area (Å²) in [6.45, 7) is 1.64. The number of carbonyl (C=O) groups excluding carboxylic acids is 1. The van der Waals surface area contributed by atoms with E-state index < -0.39 is 0 Å². The van der Waals surface area contributed by atoms with Crippen molar-refractivity contribution in [1.29, 1.82) is 0 Å². The van der Waals surface area contributed by atoms with Gasteiger partial charge in [-0.15, -0.1) is 0 Å². The largest absolute Gasteiger partial charge is 0.353 e. The first-order valence-electron chi connectivity index (χ1n) is 6.29. The van der Waals surface area contributed by atoms with Crippen molar-refractivity contribution in [2.75, 3.05) is 18.0 Å². The Morgan fingerprint density at radius 1 is 1.11 bits per heavy atom. The molecule has 0 saturated carbocycles. The minimum Gasteiger partial charge on any atom is -0.353 e. The molecule has 90 valence electrons. The third kappa shape index (κ3) is 1.77.